The number of benzene rings is 1. The number of nitrogens with zero attached hydrogens (tertiary/aromatic N) is 6. The molecule has 2 aliphatic rings. The SMILES string of the molecule is Cc1cccc(N2C[C@@H]3C(c4noc(Cn5cnc6nc(N)ccc6c5=O)n4)[C@@H]3C2)c1. The predicted molar refractivity (Wildman–Crippen MR) is 115 cm³/mol. The summed E-state index contributed by atoms with van der Waals surface area (Å²) in [4.78, 5) is 28.0. The van der Waals surface area contributed by atoms with E-state index in [9.17, 15) is 4.79 Å². The van der Waals surface area contributed by atoms with Gasteiger partial charge in [-0.1, -0.05) is 17.3 Å². The highest BCUT2D eigenvalue weighted by Crippen LogP contribution is 2.57. The maximum absolute atomic E-state index is 12.7. The largest absolute Gasteiger partial charge is 0.384 e. The van der Waals surface area contributed by atoms with Crippen LogP contribution in [-0.2, 0) is 6.54 Å². The molecule has 0 spiro atoms. The summed E-state index contributed by atoms with van der Waals surface area (Å²) < 4.78 is 6.90. The van der Waals surface area contributed by atoms with Crippen LogP contribution in [0.15, 0.2) is 52.0 Å². The fourth-order valence-corrected chi connectivity index (χ4v) is 4.73. The Balaban J connectivity index is 1.16. The molecule has 0 amide bonds. The minimum Gasteiger partial charge on any atom is -0.384 e. The molecule has 0 radical (unpaired) electrons. The van der Waals surface area contributed by atoms with Crippen molar-refractivity contribution in [3.05, 3.63) is 70.4 Å². The first-order valence-electron chi connectivity index (χ1n) is 10.3. The third-order valence-corrected chi connectivity index (χ3v) is 6.36. The molecule has 1 saturated carbocycles. The molecule has 31 heavy (non-hydrogen) atoms. The number of aryl methyl sites for hydroxylation is 1. The van der Waals surface area contributed by atoms with Crippen molar-refractivity contribution >= 4 is 22.5 Å². The summed E-state index contributed by atoms with van der Waals surface area (Å²) >= 11 is 0. The maximum Gasteiger partial charge on any atom is 0.263 e. The van der Waals surface area contributed by atoms with E-state index in [1.165, 1.54) is 22.1 Å². The van der Waals surface area contributed by atoms with E-state index < -0.39 is 0 Å². The van der Waals surface area contributed by atoms with Gasteiger partial charge in [0.2, 0.25) is 5.89 Å². The van der Waals surface area contributed by atoms with Crippen LogP contribution < -0.4 is 16.2 Å². The molecule has 3 atom stereocenters. The van der Waals surface area contributed by atoms with Crippen LogP contribution in [0.1, 0.15) is 23.2 Å². The normalized spacial score (nSPS) is 22.1. The molecule has 1 unspecified atom stereocenters. The molecule has 4 aromatic rings. The molecule has 1 aliphatic carbocycles. The van der Waals surface area contributed by atoms with Crippen molar-refractivity contribution in [2.24, 2.45) is 11.8 Å². The van der Waals surface area contributed by atoms with Crippen molar-refractivity contribution in [3.63, 3.8) is 0 Å². The highest BCUT2D eigenvalue weighted by molar-refractivity contribution is 5.74. The number of anilines is 2. The number of fused-ring (bicyclic) bond motifs is 2. The number of aromatic nitrogens is 5. The minimum atomic E-state index is -0.214. The van der Waals surface area contributed by atoms with E-state index in [0.717, 1.165) is 18.9 Å². The van der Waals surface area contributed by atoms with Gasteiger partial charge in [0.15, 0.2) is 11.5 Å². The van der Waals surface area contributed by atoms with E-state index in [4.69, 9.17) is 10.3 Å². The monoisotopic (exact) mass is 415 g/mol. The standard InChI is InChI=1S/C22H21N7O2/c1-12-3-2-4-13(7-12)28-8-15-16(9-28)19(15)21-26-18(31-27-21)10-29-11-24-20-14(22(29)30)5-6-17(23)25-20/h2-7,11,15-16,19H,8-10H2,1H3,(H2,23,25)/t15-,16+,19?. The van der Waals surface area contributed by atoms with E-state index in [-0.39, 0.29) is 12.1 Å². The Morgan fingerprint density at radius 1 is 1.16 bits per heavy atom. The summed E-state index contributed by atoms with van der Waals surface area (Å²) in [6.07, 6.45) is 1.44. The van der Waals surface area contributed by atoms with Crippen LogP contribution in [0.5, 0.6) is 0 Å². The summed E-state index contributed by atoms with van der Waals surface area (Å²) in [5.41, 5.74) is 8.33. The molecule has 4 heterocycles. The van der Waals surface area contributed by atoms with E-state index in [2.05, 4.69) is 56.2 Å². The second-order valence-electron chi connectivity index (χ2n) is 8.43. The van der Waals surface area contributed by atoms with Crippen molar-refractivity contribution in [1.82, 2.24) is 24.7 Å². The second kappa shape index (κ2) is 6.63. The predicted octanol–water partition coefficient (Wildman–Crippen LogP) is 1.96. The van der Waals surface area contributed by atoms with E-state index in [1.807, 2.05) is 0 Å². The van der Waals surface area contributed by atoms with Gasteiger partial charge in [0, 0.05) is 24.7 Å². The number of hydrogen-bond donors (Lipinski definition) is 1. The van der Waals surface area contributed by atoms with Gasteiger partial charge in [-0.15, -0.1) is 0 Å². The number of nitrogens with two attached hydrogens (primary N) is 1. The van der Waals surface area contributed by atoms with Gasteiger partial charge in [0.25, 0.3) is 5.56 Å². The van der Waals surface area contributed by atoms with Gasteiger partial charge in [0.1, 0.15) is 18.7 Å². The Hall–Kier alpha value is -3.75. The zero-order chi connectivity index (χ0) is 21.1. The number of hydrogen-bond acceptors (Lipinski definition) is 8. The summed E-state index contributed by atoms with van der Waals surface area (Å²) in [6.45, 7) is 4.31. The Bertz CT molecular complexity index is 1350. The third kappa shape index (κ3) is 3.04. The lowest BCUT2D eigenvalue weighted by Crippen LogP contribution is -2.23. The topological polar surface area (TPSA) is 116 Å². The highest BCUT2D eigenvalue weighted by atomic mass is 16.5. The molecule has 9 nitrogen and oxygen atoms in total. The van der Waals surface area contributed by atoms with E-state index in [1.54, 1.807) is 12.1 Å². The Labute approximate surface area is 177 Å². The smallest absolute Gasteiger partial charge is 0.263 e. The fourth-order valence-electron chi connectivity index (χ4n) is 4.73. The van der Waals surface area contributed by atoms with Crippen LogP contribution in [-0.4, -0.2) is 37.8 Å². The summed E-state index contributed by atoms with van der Waals surface area (Å²) in [7, 11) is 0. The average molecular weight is 415 g/mol. The van der Waals surface area contributed by atoms with E-state index in [0.29, 0.717) is 40.5 Å². The van der Waals surface area contributed by atoms with Crippen molar-refractivity contribution in [2.75, 3.05) is 23.7 Å². The van der Waals surface area contributed by atoms with E-state index >= 15 is 0 Å². The van der Waals surface area contributed by atoms with Gasteiger partial charge in [-0.05, 0) is 48.6 Å². The third-order valence-electron chi connectivity index (χ3n) is 6.36. The van der Waals surface area contributed by atoms with Crippen molar-refractivity contribution in [2.45, 2.75) is 19.4 Å². The lowest BCUT2D eigenvalue weighted by Gasteiger charge is -2.21. The Kier molecular flexibility index (Phi) is 3.86. The van der Waals surface area contributed by atoms with Crippen LogP contribution in [0.3, 0.4) is 0 Å². The Morgan fingerprint density at radius 2 is 2.00 bits per heavy atom. The lowest BCUT2D eigenvalue weighted by atomic mass is 10.2. The first-order chi connectivity index (χ1) is 15.1. The van der Waals surface area contributed by atoms with Gasteiger partial charge in [-0.25, -0.2) is 9.97 Å². The molecule has 156 valence electrons. The molecule has 6 rings (SSSR count). The van der Waals surface area contributed by atoms with Crippen molar-refractivity contribution in [1.29, 1.82) is 0 Å². The van der Waals surface area contributed by atoms with Crippen LogP contribution in [0.4, 0.5) is 11.5 Å². The Morgan fingerprint density at radius 3 is 2.81 bits per heavy atom. The quantitative estimate of drug-likeness (QED) is 0.538. The van der Waals surface area contributed by atoms with Gasteiger partial charge < -0.3 is 15.2 Å². The highest BCUT2D eigenvalue weighted by Gasteiger charge is 2.58. The molecule has 0 bridgehead atoms. The van der Waals surface area contributed by atoms with Crippen LogP contribution in [0, 0.1) is 18.8 Å². The summed E-state index contributed by atoms with van der Waals surface area (Å²) in [6, 6.07) is 11.8. The van der Waals surface area contributed by atoms with Gasteiger partial charge in [-0.3, -0.25) is 9.36 Å². The molecule has 3 aromatic heterocycles. The van der Waals surface area contributed by atoms with Gasteiger partial charge >= 0.3 is 0 Å². The van der Waals surface area contributed by atoms with Crippen molar-refractivity contribution < 1.29 is 4.52 Å². The summed E-state index contributed by atoms with van der Waals surface area (Å²) in [5, 5.41) is 4.61. The molecular weight excluding hydrogens is 394 g/mol. The van der Waals surface area contributed by atoms with Gasteiger partial charge in [-0.2, -0.15) is 4.98 Å². The summed E-state index contributed by atoms with van der Waals surface area (Å²) in [5.74, 6) is 2.90. The zero-order valence-electron chi connectivity index (χ0n) is 17.0. The first-order valence-corrected chi connectivity index (χ1v) is 10.3. The molecular formula is C22H21N7O2. The average Bonchev–Trinajstić information content (AvgIpc) is 3.08. The molecule has 1 aromatic carbocycles. The molecule has 2 fully saturated rings. The second-order valence-corrected chi connectivity index (χ2v) is 8.43. The molecule has 9 heteroatoms. The number of piperidine rings is 1. The first kappa shape index (κ1) is 18.1. The zero-order valence-corrected chi connectivity index (χ0v) is 17.0. The maximum atomic E-state index is 12.7. The number of rotatable bonds is 4. The minimum absolute atomic E-state index is 0.177. The fraction of sp³-hybridized carbons (Fsp3) is 0.318. The molecule has 2 N–H and O–H groups in total. The van der Waals surface area contributed by atoms with Crippen molar-refractivity contribution in [3.8, 4) is 0 Å². The molecule has 1 saturated heterocycles. The lowest BCUT2D eigenvalue weighted by molar-refractivity contribution is 0.363. The van der Waals surface area contributed by atoms with Crippen LogP contribution >= 0.6 is 0 Å². The van der Waals surface area contributed by atoms with Crippen LogP contribution in [0.25, 0.3) is 11.0 Å². The van der Waals surface area contributed by atoms with Gasteiger partial charge in [0.05, 0.1) is 5.39 Å². The number of pyridine rings is 1. The van der Waals surface area contributed by atoms with Crippen LogP contribution in [0.2, 0.25) is 0 Å². The molecule has 1 aliphatic heterocycles. The number of nitrogen functional groups attached to an aromatic ring is 1.